The van der Waals surface area contributed by atoms with Gasteiger partial charge in [0.15, 0.2) is 0 Å². The van der Waals surface area contributed by atoms with Crippen molar-refractivity contribution in [3.8, 4) is 0 Å². The second-order valence-electron chi connectivity index (χ2n) is 5.10. The Morgan fingerprint density at radius 2 is 1.86 bits per heavy atom. The van der Waals surface area contributed by atoms with E-state index in [1.54, 1.807) is 24.0 Å². The number of hydrogen-bond donors (Lipinski definition) is 0. The summed E-state index contributed by atoms with van der Waals surface area (Å²) < 4.78 is 17.8. The molecule has 0 saturated heterocycles. The number of benzene rings is 1. The van der Waals surface area contributed by atoms with Gasteiger partial charge in [-0.2, -0.15) is 0 Å². The lowest BCUT2D eigenvalue weighted by atomic mass is 10.1. The van der Waals surface area contributed by atoms with Crippen molar-refractivity contribution in [2.24, 2.45) is 5.92 Å². The molecule has 0 unspecified atom stereocenters. The van der Waals surface area contributed by atoms with Crippen LogP contribution in [-0.4, -0.2) is 29.9 Å². The maximum Gasteiger partial charge on any atom is 0.307 e. The molecule has 1 aromatic rings. The summed E-state index contributed by atoms with van der Waals surface area (Å²) in [5, 5.41) is 0. The molecule has 4 nitrogen and oxygen atoms in total. The van der Waals surface area contributed by atoms with Crippen LogP contribution in [-0.2, 0) is 20.9 Å². The van der Waals surface area contributed by atoms with Crippen LogP contribution in [0.4, 0.5) is 4.39 Å². The molecule has 0 heterocycles. The van der Waals surface area contributed by atoms with Gasteiger partial charge in [-0.3, -0.25) is 9.59 Å². The van der Waals surface area contributed by atoms with E-state index in [2.05, 4.69) is 0 Å². The number of rotatable bonds is 7. The van der Waals surface area contributed by atoms with Crippen LogP contribution in [0, 0.1) is 11.7 Å². The summed E-state index contributed by atoms with van der Waals surface area (Å²) in [5.74, 6) is -0.832. The molecule has 0 bridgehead atoms. The van der Waals surface area contributed by atoms with Gasteiger partial charge in [0.1, 0.15) is 5.82 Å². The highest BCUT2D eigenvalue weighted by Gasteiger charge is 2.18. The molecule has 0 N–H and O–H groups in total. The molecule has 1 rings (SSSR count). The number of halogens is 1. The van der Waals surface area contributed by atoms with Crippen LogP contribution in [0.3, 0.4) is 0 Å². The zero-order chi connectivity index (χ0) is 15.8. The van der Waals surface area contributed by atoms with Gasteiger partial charge >= 0.3 is 5.97 Å². The maximum absolute atomic E-state index is 12.9. The van der Waals surface area contributed by atoms with E-state index in [0.717, 1.165) is 5.56 Å². The van der Waals surface area contributed by atoms with E-state index in [0.29, 0.717) is 19.7 Å². The Labute approximate surface area is 124 Å². The first-order valence-electron chi connectivity index (χ1n) is 7.13. The molecule has 5 heteroatoms. The molecule has 0 spiro atoms. The predicted molar refractivity (Wildman–Crippen MR) is 77.9 cm³/mol. The van der Waals surface area contributed by atoms with E-state index in [1.165, 1.54) is 12.1 Å². The highest BCUT2D eigenvalue weighted by Crippen LogP contribution is 2.11. The quantitative estimate of drug-likeness (QED) is 0.727. The highest BCUT2D eigenvalue weighted by molar-refractivity contribution is 5.79. The fourth-order valence-corrected chi connectivity index (χ4v) is 1.90. The summed E-state index contributed by atoms with van der Waals surface area (Å²) in [6, 6.07) is 6.00. The molecular formula is C16H22FNO3. The number of hydrogen-bond acceptors (Lipinski definition) is 3. The first kappa shape index (κ1) is 17.1. The summed E-state index contributed by atoms with van der Waals surface area (Å²) >= 11 is 0. The number of esters is 1. The van der Waals surface area contributed by atoms with E-state index in [9.17, 15) is 14.0 Å². The van der Waals surface area contributed by atoms with Crippen LogP contribution < -0.4 is 0 Å². The van der Waals surface area contributed by atoms with Crippen LogP contribution in [0.2, 0.25) is 0 Å². The summed E-state index contributed by atoms with van der Waals surface area (Å²) in [7, 11) is 0. The Morgan fingerprint density at radius 1 is 1.24 bits per heavy atom. The average Bonchev–Trinajstić information content (AvgIpc) is 2.45. The SMILES string of the molecule is CCOC(=O)CCN(Cc1ccc(F)cc1)C(=O)C(C)C. The summed E-state index contributed by atoms with van der Waals surface area (Å²) in [4.78, 5) is 25.2. The minimum Gasteiger partial charge on any atom is -0.466 e. The molecule has 0 aliphatic carbocycles. The summed E-state index contributed by atoms with van der Waals surface area (Å²) in [5.41, 5.74) is 0.828. The molecule has 1 aromatic carbocycles. The van der Waals surface area contributed by atoms with E-state index in [-0.39, 0.29) is 30.0 Å². The largest absolute Gasteiger partial charge is 0.466 e. The lowest BCUT2D eigenvalue weighted by Crippen LogP contribution is -2.35. The molecule has 0 fully saturated rings. The van der Waals surface area contributed by atoms with Crippen molar-refractivity contribution in [3.05, 3.63) is 35.6 Å². The molecule has 1 amide bonds. The van der Waals surface area contributed by atoms with Crippen molar-refractivity contribution < 1.29 is 18.7 Å². The normalized spacial score (nSPS) is 10.5. The molecule has 0 saturated carbocycles. The average molecular weight is 295 g/mol. The predicted octanol–water partition coefficient (Wildman–Crippen LogP) is 2.76. The van der Waals surface area contributed by atoms with Crippen molar-refractivity contribution in [1.29, 1.82) is 0 Å². The Morgan fingerprint density at radius 3 is 2.38 bits per heavy atom. The third-order valence-corrected chi connectivity index (χ3v) is 2.98. The van der Waals surface area contributed by atoms with Gasteiger partial charge < -0.3 is 9.64 Å². The molecule has 21 heavy (non-hydrogen) atoms. The van der Waals surface area contributed by atoms with E-state index in [4.69, 9.17) is 4.74 Å². The Bertz CT molecular complexity index is 471. The minimum atomic E-state index is -0.321. The van der Waals surface area contributed by atoms with Crippen LogP contribution in [0.25, 0.3) is 0 Å². The van der Waals surface area contributed by atoms with Crippen molar-refractivity contribution >= 4 is 11.9 Å². The highest BCUT2D eigenvalue weighted by atomic mass is 19.1. The Kier molecular flexibility index (Phi) is 6.85. The first-order chi connectivity index (χ1) is 9.93. The second kappa shape index (κ2) is 8.39. The first-order valence-corrected chi connectivity index (χ1v) is 7.13. The third-order valence-electron chi connectivity index (χ3n) is 2.98. The smallest absolute Gasteiger partial charge is 0.307 e. The fraction of sp³-hybridized carbons (Fsp3) is 0.500. The molecule has 116 valence electrons. The van der Waals surface area contributed by atoms with Gasteiger partial charge in [-0.05, 0) is 24.6 Å². The molecule has 0 aliphatic heterocycles. The standard InChI is InChI=1S/C16H22FNO3/c1-4-21-15(19)9-10-18(16(20)12(2)3)11-13-5-7-14(17)8-6-13/h5-8,12H,4,9-11H2,1-3H3. The minimum absolute atomic E-state index is 0.0383. The van der Waals surface area contributed by atoms with Crippen LogP contribution in [0.1, 0.15) is 32.8 Å². The number of carbonyl (C=O) groups is 2. The topological polar surface area (TPSA) is 46.6 Å². The maximum atomic E-state index is 12.9. The third kappa shape index (κ3) is 5.94. The van der Waals surface area contributed by atoms with Gasteiger partial charge in [0.05, 0.1) is 13.0 Å². The van der Waals surface area contributed by atoms with Crippen LogP contribution in [0.5, 0.6) is 0 Å². The zero-order valence-corrected chi connectivity index (χ0v) is 12.8. The van der Waals surface area contributed by atoms with Crippen molar-refractivity contribution in [2.75, 3.05) is 13.2 Å². The molecule has 0 radical (unpaired) electrons. The lowest BCUT2D eigenvalue weighted by Gasteiger charge is -2.24. The second-order valence-corrected chi connectivity index (χ2v) is 5.10. The van der Waals surface area contributed by atoms with Crippen molar-refractivity contribution in [1.82, 2.24) is 4.90 Å². The van der Waals surface area contributed by atoms with Gasteiger partial charge in [-0.25, -0.2) is 4.39 Å². The molecular weight excluding hydrogens is 273 g/mol. The number of carbonyl (C=O) groups excluding carboxylic acids is 2. The van der Waals surface area contributed by atoms with Gasteiger partial charge in [-0.1, -0.05) is 26.0 Å². The van der Waals surface area contributed by atoms with Gasteiger partial charge in [-0.15, -0.1) is 0 Å². The van der Waals surface area contributed by atoms with E-state index < -0.39 is 0 Å². The molecule has 0 aliphatic rings. The van der Waals surface area contributed by atoms with Gasteiger partial charge in [0.2, 0.25) is 5.91 Å². The number of nitrogens with zero attached hydrogens (tertiary/aromatic N) is 1. The van der Waals surface area contributed by atoms with Crippen molar-refractivity contribution in [3.63, 3.8) is 0 Å². The zero-order valence-electron chi connectivity index (χ0n) is 12.8. The Balaban J connectivity index is 2.70. The summed E-state index contributed by atoms with van der Waals surface area (Å²) in [6.07, 6.45) is 0.160. The number of ether oxygens (including phenoxy) is 1. The van der Waals surface area contributed by atoms with Crippen molar-refractivity contribution in [2.45, 2.75) is 33.7 Å². The Hall–Kier alpha value is -1.91. The molecule has 0 atom stereocenters. The van der Waals surface area contributed by atoms with Gasteiger partial charge in [0.25, 0.3) is 0 Å². The van der Waals surface area contributed by atoms with E-state index in [1.807, 2.05) is 13.8 Å². The fourth-order valence-electron chi connectivity index (χ4n) is 1.90. The molecule has 0 aromatic heterocycles. The van der Waals surface area contributed by atoms with E-state index >= 15 is 0 Å². The van der Waals surface area contributed by atoms with Crippen LogP contribution >= 0.6 is 0 Å². The van der Waals surface area contributed by atoms with Gasteiger partial charge in [0, 0.05) is 19.0 Å². The van der Waals surface area contributed by atoms with Crippen LogP contribution in [0.15, 0.2) is 24.3 Å². The lowest BCUT2D eigenvalue weighted by molar-refractivity contribution is -0.144. The number of amides is 1. The summed E-state index contributed by atoms with van der Waals surface area (Å²) in [6.45, 7) is 6.35. The monoisotopic (exact) mass is 295 g/mol.